The molecule has 1 unspecified atom stereocenters. The van der Waals surface area contributed by atoms with E-state index in [1.165, 1.54) is 11.3 Å². The lowest BCUT2D eigenvalue weighted by Crippen LogP contribution is -2.28. The van der Waals surface area contributed by atoms with Crippen LogP contribution in [-0.2, 0) is 4.74 Å². The Kier molecular flexibility index (Phi) is 5.23. The molecule has 0 amide bonds. The van der Waals surface area contributed by atoms with Crippen LogP contribution in [0.4, 0.5) is 5.69 Å². The quantitative estimate of drug-likeness (QED) is 0.829. The summed E-state index contributed by atoms with van der Waals surface area (Å²) < 4.78 is 5.71. The first-order chi connectivity index (χ1) is 9.18. The first kappa shape index (κ1) is 14.4. The van der Waals surface area contributed by atoms with Gasteiger partial charge in [0.25, 0.3) is 0 Å². The van der Waals surface area contributed by atoms with Gasteiger partial charge in [-0.1, -0.05) is 32.0 Å². The van der Waals surface area contributed by atoms with Crippen molar-refractivity contribution in [2.45, 2.75) is 32.7 Å². The molecule has 3 nitrogen and oxygen atoms in total. The Hall–Kier alpha value is -1.06. The van der Waals surface area contributed by atoms with Crippen LogP contribution in [0.1, 0.15) is 38.3 Å². The minimum Gasteiger partial charge on any atom is -0.379 e. The summed E-state index contributed by atoms with van der Waals surface area (Å²) in [5.74, 6) is 0.602. The fourth-order valence-electron chi connectivity index (χ4n) is 2.59. The topological polar surface area (TPSA) is 38.5 Å². The molecule has 0 spiro atoms. The highest BCUT2D eigenvalue weighted by Crippen LogP contribution is 2.30. The van der Waals surface area contributed by atoms with Gasteiger partial charge in [0, 0.05) is 31.4 Å². The van der Waals surface area contributed by atoms with Gasteiger partial charge in [-0.15, -0.1) is 0 Å². The molecule has 2 N–H and O–H groups in total. The number of rotatable bonds is 5. The Labute approximate surface area is 116 Å². The Morgan fingerprint density at radius 3 is 2.95 bits per heavy atom. The highest BCUT2D eigenvalue weighted by atomic mass is 16.5. The van der Waals surface area contributed by atoms with Crippen LogP contribution >= 0.6 is 0 Å². The number of ether oxygens (including phenoxy) is 1. The fourth-order valence-corrected chi connectivity index (χ4v) is 2.59. The normalized spacial score (nSPS) is 19.4. The molecule has 0 saturated heterocycles. The lowest BCUT2D eigenvalue weighted by molar-refractivity contribution is 0.115. The summed E-state index contributed by atoms with van der Waals surface area (Å²) >= 11 is 0. The van der Waals surface area contributed by atoms with Crippen LogP contribution in [0.15, 0.2) is 24.3 Å². The zero-order valence-corrected chi connectivity index (χ0v) is 12.1. The molecule has 1 aromatic carbocycles. The van der Waals surface area contributed by atoms with Crippen molar-refractivity contribution in [2.24, 2.45) is 11.7 Å². The fraction of sp³-hybridized carbons (Fsp3) is 0.625. The largest absolute Gasteiger partial charge is 0.379 e. The second-order valence-electron chi connectivity index (χ2n) is 5.76. The molecule has 1 aliphatic rings. The van der Waals surface area contributed by atoms with E-state index in [0.29, 0.717) is 5.92 Å². The van der Waals surface area contributed by atoms with Crippen LogP contribution in [0.3, 0.4) is 0 Å². The van der Waals surface area contributed by atoms with Crippen LogP contribution in [0.5, 0.6) is 0 Å². The number of nitrogens with two attached hydrogens (primary N) is 1. The maximum Gasteiger partial charge on any atom is 0.0641 e. The van der Waals surface area contributed by atoms with E-state index < -0.39 is 0 Å². The van der Waals surface area contributed by atoms with Gasteiger partial charge in [-0.3, -0.25) is 0 Å². The molecule has 3 heteroatoms. The van der Waals surface area contributed by atoms with E-state index in [1.54, 1.807) is 0 Å². The first-order valence-corrected chi connectivity index (χ1v) is 7.35. The van der Waals surface area contributed by atoms with E-state index in [9.17, 15) is 0 Å². The zero-order valence-electron chi connectivity index (χ0n) is 12.1. The smallest absolute Gasteiger partial charge is 0.0641 e. The third kappa shape index (κ3) is 3.95. The number of hydrogen-bond acceptors (Lipinski definition) is 3. The van der Waals surface area contributed by atoms with E-state index in [0.717, 1.165) is 39.1 Å². The SMILES string of the molecule is CC(C)COCCN1CCCC(N)c2ccccc21. The minimum atomic E-state index is 0.179. The van der Waals surface area contributed by atoms with Crippen molar-refractivity contribution in [2.75, 3.05) is 31.2 Å². The van der Waals surface area contributed by atoms with Gasteiger partial charge < -0.3 is 15.4 Å². The molecule has 0 saturated carbocycles. The number of hydrogen-bond donors (Lipinski definition) is 1. The standard InChI is InChI=1S/C16H26N2O/c1-13(2)12-19-11-10-18-9-5-7-15(17)14-6-3-4-8-16(14)18/h3-4,6,8,13,15H,5,7,9-12,17H2,1-2H3. The number of benzene rings is 1. The van der Waals surface area contributed by atoms with Crippen LogP contribution in [-0.4, -0.2) is 26.3 Å². The lowest BCUT2D eigenvalue weighted by atomic mass is 10.0. The van der Waals surface area contributed by atoms with Crippen molar-refractivity contribution >= 4 is 5.69 Å². The molecular formula is C16H26N2O. The Bertz CT molecular complexity index is 392. The number of nitrogens with zero attached hydrogens (tertiary/aromatic N) is 1. The van der Waals surface area contributed by atoms with E-state index in [-0.39, 0.29) is 6.04 Å². The predicted molar refractivity (Wildman–Crippen MR) is 80.5 cm³/mol. The summed E-state index contributed by atoms with van der Waals surface area (Å²) in [6, 6.07) is 8.70. The molecule has 0 aromatic heterocycles. The second-order valence-corrected chi connectivity index (χ2v) is 5.76. The van der Waals surface area contributed by atoms with Crippen molar-refractivity contribution < 1.29 is 4.74 Å². The summed E-state index contributed by atoms with van der Waals surface area (Å²) in [6.07, 6.45) is 2.22. The van der Waals surface area contributed by atoms with Crippen molar-refractivity contribution in [3.8, 4) is 0 Å². The van der Waals surface area contributed by atoms with Crippen LogP contribution < -0.4 is 10.6 Å². The van der Waals surface area contributed by atoms with Gasteiger partial charge in [-0.25, -0.2) is 0 Å². The van der Waals surface area contributed by atoms with Gasteiger partial charge in [-0.2, -0.15) is 0 Å². The average molecular weight is 262 g/mol. The molecule has 19 heavy (non-hydrogen) atoms. The predicted octanol–water partition coefficient (Wildman–Crippen LogP) is 2.96. The van der Waals surface area contributed by atoms with Gasteiger partial charge in [-0.05, 0) is 30.4 Å². The van der Waals surface area contributed by atoms with Crippen molar-refractivity contribution in [3.05, 3.63) is 29.8 Å². The maximum absolute atomic E-state index is 6.25. The number of fused-ring (bicyclic) bond motifs is 1. The maximum atomic E-state index is 6.25. The van der Waals surface area contributed by atoms with E-state index >= 15 is 0 Å². The Morgan fingerprint density at radius 2 is 2.16 bits per heavy atom. The van der Waals surface area contributed by atoms with Gasteiger partial charge in [0.15, 0.2) is 0 Å². The third-order valence-electron chi connectivity index (χ3n) is 3.58. The molecule has 1 aromatic rings. The number of para-hydroxylation sites is 1. The van der Waals surface area contributed by atoms with Crippen LogP contribution in [0.2, 0.25) is 0 Å². The molecule has 0 aliphatic carbocycles. The Balaban J connectivity index is 1.98. The monoisotopic (exact) mass is 262 g/mol. The van der Waals surface area contributed by atoms with Gasteiger partial charge in [0.05, 0.1) is 6.61 Å². The van der Waals surface area contributed by atoms with Gasteiger partial charge in [0.1, 0.15) is 0 Å². The second kappa shape index (κ2) is 6.92. The first-order valence-electron chi connectivity index (χ1n) is 7.35. The molecule has 0 radical (unpaired) electrons. The van der Waals surface area contributed by atoms with E-state index in [1.807, 2.05) is 0 Å². The van der Waals surface area contributed by atoms with Gasteiger partial charge >= 0.3 is 0 Å². The molecule has 1 atom stereocenters. The minimum absolute atomic E-state index is 0.179. The van der Waals surface area contributed by atoms with Crippen molar-refractivity contribution in [3.63, 3.8) is 0 Å². The van der Waals surface area contributed by atoms with E-state index in [4.69, 9.17) is 10.5 Å². The summed E-state index contributed by atoms with van der Waals surface area (Å²) in [5, 5.41) is 0. The summed E-state index contributed by atoms with van der Waals surface area (Å²) in [4.78, 5) is 2.42. The summed E-state index contributed by atoms with van der Waals surface area (Å²) in [7, 11) is 0. The van der Waals surface area contributed by atoms with Crippen molar-refractivity contribution in [1.82, 2.24) is 0 Å². The zero-order chi connectivity index (χ0) is 13.7. The van der Waals surface area contributed by atoms with Gasteiger partial charge in [0.2, 0.25) is 0 Å². The highest BCUT2D eigenvalue weighted by Gasteiger charge is 2.19. The molecule has 1 aliphatic heterocycles. The summed E-state index contributed by atoms with van der Waals surface area (Å²) in [5.41, 5.74) is 8.82. The molecular weight excluding hydrogens is 236 g/mol. The molecule has 0 bridgehead atoms. The Morgan fingerprint density at radius 1 is 1.37 bits per heavy atom. The number of anilines is 1. The molecule has 1 heterocycles. The summed E-state index contributed by atoms with van der Waals surface area (Å²) in [6.45, 7) is 8.03. The van der Waals surface area contributed by atoms with Crippen LogP contribution in [0, 0.1) is 5.92 Å². The third-order valence-corrected chi connectivity index (χ3v) is 3.58. The molecule has 2 rings (SSSR count). The lowest BCUT2D eigenvalue weighted by Gasteiger charge is -2.25. The highest BCUT2D eigenvalue weighted by molar-refractivity contribution is 5.55. The average Bonchev–Trinajstić information content (AvgIpc) is 2.55. The van der Waals surface area contributed by atoms with Crippen molar-refractivity contribution in [1.29, 1.82) is 0 Å². The molecule has 106 valence electrons. The van der Waals surface area contributed by atoms with Crippen LogP contribution in [0.25, 0.3) is 0 Å². The van der Waals surface area contributed by atoms with E-state index in [2.05, 4.69) is 43.0 Å². The molecule has 0 fully saturated rings.